The van der Waals surface area contributed by atoms with Gasteiger partial charge in [-0.15, -0.1) is 0 Å². The summed E-state index contributed by atoms with van der Waals surface area (Å²) in [7, 11) is 0. The Kier molecular flexibility index (Phi) is 5.38. The minimum absolute atomic E-state index is 0.119. The van der Waals surface area contributed by atoms with Crippen molar-refractivity contribution in [2.45, 2.75) is 10.7 Å². The molecule has 0 fully saturated rings. The number of alkyl halides is 3. The molecule has 25 heavy (non-hydrogen) atoms. The Labute approximate surface area is 161 Å². The minimum Gasteiger partial charge on any atom is -0.214 e. The van der Waals surface area contributed by atoms with Gasteiger partial charge in [-0.1, -0.05) is 102 Å². The largest absolute Gasteiger partial charge is 0.250 e. The SMILES string of the molecule is Cc1nc(-c2ccc(/C=C/c3ccccc3)cc2)nc(C(Cl)(Cl)Cl)n1. The Bertz CT molecular complexity index is 886. The molecular weight excluding hydrogens is 377 g/mol. The lowest BCUT2D eigenvalue weighted by atomic mass is 10.1. The van der Waals surface area contributed by atoms with Crippen LogP contribution in [0.25, 0.3) is 23.5 Å². The first-order valence-electron chi connectivity index (χ1n) is 7.55. The molecule has 0 radical (unpaired) electrons. The Morgan fingerprint density at radius 3 is 1.96 bits per heavy atom. The third-order valence-electron chi connectivity index (χ3n) is 3.44. The van der Waals surface area contributed by atoms with Crippen molar-refractivity contribution in [3.05, 3.63) is 77.4 Å². The summed E-state index contributed by atoms with van der Waals surface area (Å²) in [6, 6.07) is 18.0. The first kappa shape index (κ1) is 17.9. The van der Waals surface area contributed by atoms with E-state index in [-0.39, 0.29) is 5.82 Å². The van der Waals surface area contributed by atoms with Crippen LogP contribution in [-0.2, 0) is 3.79 Å². The molecule has 0 saturated carbocycles. The molecule has 0 atom stereocenters. The molecule has 0 N–H and O–H groups in total. The van der Waals surface area contributed by atoms with Crippen molar-refractivity contribution in [3.8, 4) is 11.4 Å². The quantitative estimate of drug-likeness (QED) is 0.416. The van der Waals surface area contributed by atoms with E-state index < -0.39 is 3.79 Å². The van der Waals surface area contributed by atoms with Crippen LogP contribution in [0.15, 0.2) is 54.6 Å². The molecule has 0 aliphatic rings. The number of halogens is 3. The van der Waals surface area contributed by atoms with Gasteiger partial charge in [0, 0.05) is 5.56 Å². The second-order valence-corrected chi connectivity index (χ2v) is 7.67. The maximum Gasteiger partial charge on any atom is 0.250 e. The lowest BCUT2D eigenvalue weighted by Crippen LogP contribution is -2.10. The van der Waals surface area contributed by atoms with Gasteiger partial charge in [0.25, 0.3) is 0 Å². The highest BCUT2D eigenvalue weighted by Crippen LogP contribution is 2.36. The second-order valence-electron chi connectivity index (χ2n) is 5.39. The number of hydrogen-bond acceptors (Lipinski definition) is 3. The van der Waals surface area contributed by atoms with Crippen LogP contribution in [0.5, 0.6) is 0 Å². The highest BCUT2D eigenvalue weighted by molar-refractivity contribution is 6.66. The number of hydrogen-bond donors (Lipinski definition) is 0. The third kappa shape index (κ3) is 4.79. The van der Waals surface area contributed by atoms with Crippen molar-refractivity contribution in [1.82, 2.24) is 15.0 Å². The van der Waals surface area contributed by atoms with E-state index in [1.165, 1.54) is 0 Å². The van der Waals surface area contributed by atoms with Gasteiger partial charge in [0.2, 0.25) is 3.79 Å². The van der Waals surface area contributed by atoms with Gasteiger partial charge in [-0.3, -0.25) is 0 Å². The molecule has 0 spiro atoms. The van der Waals surface area contributed by atoms with Crippen LogP contribution in [0, 0.1) is 6.92 Å². The average Bonchev–Trinajstić information content (AvgIpc) is 2.60. The summed E-state index contributed by atoms with van der Waals surface area (Å²) >= 11 is 17.7. The van der Waals surface area contributed by atoms with E-state index in [0.717, 1.165) is 16.7 Å². The van der Waals surface area contributed by atoms with E-state index >= 15 is 0 Å². The lowest BCUT2D eigenvalue weighted by molar-refractivity contribution is 0.884. The van der Waals surface area contributed by atoms with Gasteiger partial charge < -0.3 is 0 Å². The Morgan fingerprint density at radius 1 is 0.760 bits per heavy atom. The number of benzene rings is 2. The molecule has 3 nitrogen and oxygen atoms in total. The molecule has 1 aromatic heterocycles. The Balaban J connectivity index is 1.86. The van der Waals surface area contributed by atoms with Gasteiger partial charge in [-0.2, -0.15) is 0 Å². The van der Waals surface area contributed by atoms with E-state index in [1.54, 1.807) is 6.92 Å². The molecule has 0 saturated heterocycles. The van der Waals surface area contributed by atoms with Crippen molar-refractivity contribution < 1.29 is 0 Å². The Morgan fingerprint density at radius 2 is 1.36 bits per heavy atom. The van der Waals surface area contributed by atoms with Crippen molar-refractivity contribution in [2.75, 3.05) is 0 Å². The summed E-state index contributed by atoms with van der Waals surface area (Å²) in [4.78, 5) is 12.7. The predicted molar refractivity (Wildman–Crippen MR) is 105 cm³/mol. The van der Waals surface area contributed by atoms with Crippen LogP contribution < -0.4 is 0 Å². The van der Waals surface area contributed by atoms with Crippen LogP contribution in [-0.4, -0.2) is 15.0 Å². The molecule has 1 heterocycles. The normalized spacial score (nSPS) is 11.8. The van der Waals surface area contributed by atoms with Gasteiger partial charge in [0.1, 0.15) is 5.82 Å². The predicted octanol–water partition coefficient (Wildman–Crippen LogP) is 5.84. The molecule has 3 aromatic rings. The third-order valence-corrected chi connectivity index (χ3v) is 3.94. The lowest BCUT2D eigenvalue weighted by Gasteiger charge is -2.11. The monoisotopic (exact) mass is 389 g/mol. The molecule has 0 unspecified atom stereocenters. The van der Waals surface area contributed by atoms with Crippen molar-refractivity contribution in [3.63, 3.8) is 0 Å². The number of nitrogens with zero attached hydrogens (tertiary/aromatic N) is 3. The molecule has 126 valence electrons. The van der Waals surface area contributed by atoms with Gasteiger partial charge in [0.15, 0.2) is 11.6 Å². The molecule has 0 bridgehead atoms. The van der Waals surface area contributed by atoms with Gasteiger partial charge >= 0.3 is 0 Å². The van der Waals surface area contributed by atoms with Crippen LogP contribution in [0.1, 0.15) is 22.8 Å². The fourth-order valence-electron chi connectivity index (χ4n) is 2.24. The average molecular weight is 391 g/mol. The molecular formula is C19H14Cl3N3. The van der Waals surface area contributed by atoms with Crippen LogP contribution in [0.2, 0.25) is 0 Å². The molecule has 0 aliphatic heterocycles. The summed E-state index contributed by atoms with van der Waals surface area (Å²) in [6.45, 7) is 1.74. The fourth-order valence-corrected chi connectivity index (χ4v) is 2.49. The first-order chi connectivity index (χ1) is 11.9. The fraction of sp³-hybridized carbons (Fsp3) is 0.105. The summed E-state index contributed by atoms with van der Waals surface area (Å²) in [5.74, 6) is 1.10. The van der Waals surface area contributed by atoms with Gasteiger partial charge in [-0.05, 0) is 18.1 Å². The summed E-state index contributed by atoms with van der Waals surface area (Å²) in [5, 5.41) is 0. The van der Waals surface area contributed by atoms with Gasteiger partial charge in [0.05, 0.1) is 0 Å². The van der Waals surface area contributed by atoms with Gasteiger partial charge in [-0.25, -0.2) is 15.0 Å². The zero-order valence-electron chi connectivity index (χ0n) is 13.3. The smallest absolute Gasteiger partial charge is 0.214 e. The molecule has 6 heteroatoms. The zero-order valence-corrected chi connectivity index (χ0v) is 15.6. The minimum atomic E-state index is -1.68. The van der Waals surface area contributed by atoms with Crippen molar-refractivity contribution >= 4 is 47.0 Å². The topological polar surface area (TPSA) is 38.7 Å². The van der Waals surface area contributed by atoms with E-state index in [9.17, 15) is 0 Å². The van der Waals surface area contributed by atoms with Crippen LogP contribution in [0.4, 0.5) is 0 Å². The van der Waals surface area contributed by atoms with E-state index in [0.29, 0.717) is 11.6 Å². The second kappa shape index (κ2) is 7.52. The van der Waals surface area contributed by atoms with Crippen LogP contribution in [0.3, 0.4) is 0 Å². The van der Waals surface area contributed by atoms with Crippen molar-refractivity contribution in [2.24, 2.45) is 0 Å². The van der Waals surface area contributed by atoms with Crippen LogP contribution >= 0.6 is 34.8 Å². The summed E-state index contributed by atoms with van der Waals surface area (Å²) in [5.41, 5.74) is 3.05. The van der Waals surface area contributed by atoms with E-state index in [1.807, 2.05) is 48.5 Å². The molecule has 3 rings (SSSR count). The standard InChI is InChI=1S/C19H14Cl3N3/c1-13-23-17(25-18(24-13)19(20,21)22)16-11-9-15(10-12-16)8-7-14-5-3-2-4-6-14/h2-12H,1H3/b8-7+. The molecule has 0 amide bonds. The maximum atomic E-state index is 5.88. The highest BCUT2D eigenvalue weighted by Gasteiger charge is 2.27. The highest BCUT2D eigenvalue weighted by atomic mass is 35.6. The van der Waals surface area contributed by atoms with E-state index in [4.69, 9.17) is 34.8 Å². The zero-order chi connectivity index (χ0) is 17.9. The Hall–Kier alpha value is -1.94. The number of rotatable bonds is 3. The van der Waals surface area contributed by atoms with E-state index in [2.05, 4.69) is 33.2 Å². The number of aryl methyl sites for hydroxylation is 1. The first-order valence-corrected chi connectivity index (χ1v) is 8.69. The number of aromatic nitrogens is 3. The summed E-state index contributed by atoms with van der Waals surface area (Å²) < 4.78 is -1.68. The summed E-state index contributed by atoms with van der Waals surface area (Å²) in [6.07, 6.45) is 4.10. The molecule has 2 aromatic carbocycles. The van der Waals surface area contributed by atoms with Crippen molar-refractivity contribution in [1.29, 1.82) is 0 Å². The molecule has 0 aliphatic carbocycles. The maximum absolute atomic E-state index is 5.88.